The normalized spacial score (nSPS) is 12.2. The summed E-state index contributed by atoms with van der Waals surface area (Å²) in [4.78, 5) is 25.2. The van der Waals surface area contributed by atoms with Crippen LogP contribution < -0.4 is 19.5 Å². The van der Waals surface area contributed by atoms with E-state index in [2.05, 4.69) is 18.8 Å². The standard InChI is InChI=1S/C24H25NO6/c1-3-5-13-28-19-9-7-18(8-10-19)23(26)25-20(24(27)29-12-4-2)14-17-6-11-21-22(15-17)31-16-30-21/h4,6-11,14-15H,2-3,5,12-13,16H2,1H3,(H,25,26). The Morgan fingerprint density at radius 1 is 1.13 bits per heavy atom. The van der Waals surface area contributed by atoms with Gasteiger partial charge >= 0.3 is 5.97 Å². The molecule has 0 saturated heterocycles. The van der Waals surface area contributed by atoms with Gasteiger partial charge in [-0.3, -0.25) is 4.79 Å². The summed E-state index contributed by atoms with van der Waals surface area (Å²) in [5.41, 5.74) is 1.03. The lowest BCUT2D eigenvalue weighted by Crippen LogP contribution is -2.28. The van der Waals surface area contributed by atoms with Gasteiger partial charge in [-0.2, -0.15) is 0 Å². The second kappa shape index (κ2) is 10.9. The Labute approximate surface area is 181 Å². The average molecular weight is 423 g/mol. The third-order valence-corrected chi connectivity index (χ3v) is 4.39. The van der Waals surface area contributed by atoms with E-state index < -0.39 is 11.9 Å². The first-order chi connectivity index (χ1) is 15.1. The first-order valence-electron chi connectivity index (χ1n) is 10.0. The van der Waals surface area contributed by atoms with Gasteiger partial charge in [0.2, 0.25) is 6.79 Å². The number of nitrogens with one attached hydrogen (secondary N) is 1. The van der Waals surface area contributed by atoms with E-state index in [-0.39, 0.29) is 19.1 Å². The topological polar surface area (TPSA) is 83.1 Å². The third kappa shape index (κ3) is 6.12. The molecule has 0 aromatic heterocycles. The fourth-order valence-corrected chi connectivity index (χ4v) is 2.76. The molecule has 0 atom stereocenters. The molecule has 2 aromatic carbocycles. The van der Waals surface area contributed by atoms with Crippen molar-refractivity contribution in [1.29, 1.82) is 0 Å². The molecule has 162 valence electrons. The van der Waals surface area contributed by atoms with Crippen molar-refractivity contribution in [1.82, 2.24) is 5.32 Å². The summed E-state index contributed by atoms with van der Waals surface area (Å²) in [7, 11) is 0. The van der Waals surface area contributed by atoms with Gasteiger partial charge < -0.3 is 24.3 Å². The van der Waals surface area contributed by atoms with Gasteiger partial charge in [-0.25, -0.2) is 4.79 Å². The number of rotatable bonds is 10. The highest BCUT2D eigenvalue weighted by Crippen LogP contribution is 2.33. The molecular formula is C24H25NO6. The predicted molar refractivity (Wildman–Crippen MR) is 116 cm³/mol. The zero-order chi connectivity index (χ0) is 22.1. The number of unbranched alkanes of at least 4 members (excludes halogenated alkanes) is 1. The van der Waals surface area contributed by atoms with E-state index in [4.69, 9.17) is 18.9 Å². The molecule has 1 N–H and O–H groups in total. The lowest BCUT2D eigenvalue weighted by molar-refractivity contribution is -0.138. The summed E-state index contributed by atoms with van der Waals surface area (Å²) in [6.45, 7) is 6.42. The number of hydrogen-bond acceptors (Lipinski definition) is 6. The first kappa shape index (κ1) is 22.0. The molecule has 2 aromatic rings. The van der Waals surface area contributed by atoms with Crippen LogP contribution in [0.2, 0.25) is 0 Å². The minimum Gasteiger partial charge on any atom is -0.494 e. The predicted octanol–water partition coefficient (Wildman–Crippen LogP) is 4.09. The quantitative estimate of drug-likeness (QED) is 0.268. The van der Waals surface area contributed by atoms with E-state index in [1.807, 2.05) is 0 Å². The van der Waals surface area contributed by atoms with Crippen LogP contribution in [-0.2, 0) is 9.53 Å². The zero-order valence-corrected chi connectivity index (χ0v) is 17.4. The third-order valence-electron chi connectivity index (χ3n) is 4.39. The highest BCUT2D eigenvalue weighted by atomic mass is 16.7. The van der Waals surface area contributed by atoms with Gasteiger partial charge in [0.05, 0.1) is 6.61 Å². The van der Waals surface area contributed by atoms with E-state index in [9.17, 15) is 9.59 Å². The Kier molecular flexibility index (Phi) is 7.70. The molecule has 1 amide bonds. The Balaban J connectivity index is 1.75. The van der Waals surface area contributed by atoms with E-state index in [1.54, 1.807) is 42.5 Å². The van der Waals surface area contributed by atoms with Crippen molar-refractivity contribution in [3.63, 3.8) is 0 Å². The monoisotopic (exact) mass is 423 g/mol. The highest BCUT2D eigenvalue weighted by Gasteiger charge is 2.18. The largest absolute Gasteiger partial charge is 0.494 e. The molecule has 1 heterocycles. The smallest absolute Gasteiger partial charge is 0.355 e. The Hall–Kier alpha value is -3.74. The second-order valence-electron chi connectivity index (χ2n) is 6.74. The number of fused-ring (bicyclic) bond motifs is 1. The number of amides is 1. The number of esters is 1. The van der Waals surface area contributed by atoms with Gasteiger partial charge in [-0.15, -0.1) is 0 Å². The molecule has 1 aliphatic heterocycles. The van der Waals surface area contributed by atoms with Crippen LogP contribution in [-0.4, -0.2) is 31.9 Å². The molecule has 0 bridgehead atoms. The van der Waals surface area contributed by atoms with Gasteiger partial charge in [0.25, 0.3) is 5.91 Å². The fraction of sp³-hybridized carbons (Fsp3) is 0.250. The number of hydrogen-bond donors (Lipinski definition) is 1. The van der Waals surface area contributed by atoms with Gasteiger partial charge in [-0.1, -0.05) is 32.1 Å². The molecule has 0 unspecified atom stereocenters. The molecule has 0 saturated carbocycles. The van der Waals surface area contributed by atoms with Gasteiger partial charge in [0.1, 0.15) is 18.1 Å². The van der Waals surface area contributed by atoms with Crippen molar-refractivity contribution in [3.05, 3.63) is 71.9 Å². The summed E-state index contributed by atoms with van der Waals surface area (Å²) in [6.07, 6.45) is 4.98. The van der Waals surface area contributed by atoms with Crippen LogP contribution in [0.3, 0.4) is 0 Å². The Morgan fingerprint density at radius 3 is 2.65 bits per heavy atom. The molecule has 7 heteroatoms. The van der Waals surface area contributed by atoms with E-state index in [0.717, 1.165) is 12.8 Å². The van der Waals surface area contributed by atoms with E-state index >= 15 is 0 Å². The molecule has 0 radical (unpaired) electrons. The summed E-state index contributed by atoms with van der Waals surface area (Å²) in [5, 5.41) is 2.63. The Bertz CT molecular complexity index is 965. The maximum absolute atomic E-state index is 12.7. The molecule has 1 aliphatic rings. The number of ether oxygens (including phenoxy) is 4. The van der Waals surface area contributed by atoms with Crippen LogP contribution in [0.1, 0.15) is 35.7 Å². The summed E-state index contributed by atoms with van der Waals surface area (Å²) in [6, 6.07) is 11.9. The second-order valence-corrected chi connectivity index (χ2v) is 6.74. The summed E-state index contributed by atoms with van der Waals surface area (Å²) in [5.74, 6) is 0.760. The van der Waals surface area contributed by atoms with Crippen molar-refractivity contribution in [2.45, 2.75) is 19.8 Å². The summed E-state index contributed by atoms with van der Waals surface area (Å²) < 4.78 is 21.4. The zero-order valence-electron chi connectivity index (χ0n) is 17.4. The number of carbonyl (C=O) groups is 2. The van der Waals surface area contributed by atoms with E-state index in [1.165, 1.54) is 12.2 Å². The van der Waals surface area contributed by atoms with Crippen molar-refractivity contribution < 1.29 is 28.5 Å². The minimum atomic E-state index is -0.676. The van der Waals surface area contributed by atoms with Crippen molar-refractivity contribution >= 4 is 18.0 Å². The van der Waals surface area contributed by atoms with Crippen molar-refractivity contribution in [2.75, 3.05) is 20.0 Å². The van der Waals surface area contributed by atoms with Crippen LogP contribution in [0.5, 0.6) is 17.2 Å². The number of benzene rings is 2. The molecular weight excluding hydrogens is 398 g/mol. The molecule has 7 nitrogen and oxygen atoms in total. The lowest BCUT2D eigenvalue weighted by Gasteiger charge is -2.11. The molecule has 3 rings (SSSR count). The van der Waals surface area contributed by atoms with Crippen molar-refractivity contribution in [2.24, 2.45) is 0 Å². The van der Waals surface area contributed by atoms with E-state index in [0.29, 0.717) is 35.0 Å². The van der Waals surface area contributed by atoms with Crippen LogP contribution >= 0.6 is 0 Å². The van der Waals surface area contributed by atoms with Crippen molar-refractivity contribution in [3.8, 4) is 17.2 Å². The molecule has 0 fully saturated rings. The van der Waals surface area contributed by atoms with Gasteiger partial charge in [-0.05, 0) is 54.5 Å². The molecule has 0 aliphatic carbocycles. The molecule has 31 heavy (non-hydrogen) atoms. The lowest BCUT2D eigenvalue weighted by atomic mass is 10.1. The Morgan fingerprint density at radius 2 is 1.90 bits per heavy atom. The van der Waals surface area contributed by atoms with Crippen LogP contribution in [0.25, 0.3) is 6.08 Å². The van der Waals surface area contributed by atoms with Crippen LogP contribution in [0, 0.1) is 0 Å². The maximum Gasteiger partial charge on any atom is 0.355 e. The first-order valence-corrected chi connectivity index (χ1v) is 10.0. The maximum atomic E-state index is 12.7. The molecule has 0 spiro atoms. The minimum absolute atomic E-state index is 0.00557. The van der Waals surface area contributed by atoms with Gasteiger partial charge in [0, 0.05) is 5.56 Å². The number of carbonyl (C=O) groups excluding carboxylic acids is 2. The SMILES string of the molecule is C=CCOC(=O)C(=Cc1ccc2c(c1)OCO2)NC(=O)c1ccc(OCCCC)cc1. The fourth-order valence-electron chi connectivity index (χ4n) is 2.76. The van der Waals surface area contributed by atoms with Crippen LogP contribution in [0.15, 0.2) is 60.8 Å². The van der Waals surface area contributed by atoms with Crippen LogP contribution in [0.4, 0.5) is 0 Å². The highest BCUT2D eigenvalue weighted by molar-refractivity contribution is 6.03. The van der Waals surface area contributed by atoms with Gasteiger partial charge in [0.15, 0.2) is 11.5 Å². The average Bonchev–Trinajstić information content (AvgIpc) is 3.25. The summed E-state index contributed by atoms with van der Waals surface area (Å²) >= 11 is 0.